The molecule has 1 heterocycles. The van der Waals surface area contributed by atoms with Gasteiger partial charge >= 0.3 is 0 Å². The number of hydrogen-bond donors (Lipinski definition) is 1. The number of ether oxygens (including phenoxy) is 1. The number of benzene rings is 3. The average Bonchev–Trinajstić information content (AvgIpc) is 2.73. The first-order valence-corrected chi connectivity index (χ1v) is 8.71. The maximum Gasteiger partial charge on any atom is 0.255 e. The molecule has 0 aliphatic carbocycles. The van der Waals surface area contributed by atoms with Gasteiger partial charge in [-0.1, -0.05) is 36.4 Å². The number of rotatable bonds is 5. The minimum absolute atomic E-state index is 0.145. The fraction of sp³-hybridized carbons (Fsp3) is 0.0435. The standard InChI is InChI=1S/C23H18N2O2/c26-23(25-20-12-13-22-19(15-20)5-4-14-24-22)18-10-8-17(9-11-18)16-27-21-6-2-1-3-7-21/h1-15H,16H2,(H,25,26). The molecule has 0 spiro atoms. The monoisotopic (exact) mass is 354 g/mol. The third-order valence-corrected chi connectivity index (χ3v) is 4.23. The van der Waals surface area contributed by atoms with E-state index in [0.717, 1.165) is 27.9 Å². The molecule has 4 nitrogen and oxygen atoms in total. The van der Waals surface area contributed by atoms with Crippen molar-refractivity contribution in [2.24, 2.45) is 0 Å². The van der Waals surface area contributed by atoms with Crippen LogP contribution in [0.4, 0.5) is 5.69 Å². The Morgan fingerprint density at radius 2 is 1.70 bits per heavy atom. The Balaban J connectivity index is 1.41. The van der Waals surface area contributed by atoms with Crippen molar-refractivity contribution >= 4 is 22.5 Å². The summed E-state index contributed by atoms with van der Waals surface area (Å²) in [7, 11) is 0. The lowest BCUT2D eigenvalue weighted by Crippen LogP contribution is -2.11. The first kappa shape index (κ1) is 16.8. The number of hydrogen-bond acceptors (Lipinski definition) is 3. The molecule has 4 heteroatoms. The van der Waals surface area contributed by atoms with Gasteiger partial charge in [0.2, 0.25) is 0 Å². The largest absolute Gasteiger partial charge is 0.489 e. The molecule has 27 heavy (non-hydrogen) atoms. The quantitative estimate of drug-likeness (QED) is 0.545. The number of para-hydroxylation sites is 1. The molecule has 0 saturated carbocycles. The van der Waals surface area contributed by atoms with E-state index in [0.29, 0.717) is 12.2 Å². The minimum atomic E-state index is -0.145. The second-order valence-corrected chi connectivity index (χ2v) is 6.16. The van der Waals surface area contributed by atoms with Gasteiger partial charge in [-0.2, -0.15) is 0 Å². The van der Waals surface area contributed by atoms with Gasteiger partial charge < -0.3 is 10.1 Å². The van der Waals surface area contributed by atoms with E-state index in [-0.39, 0.29) is 5.91 Å². The highest BCUT2D eigenvalue weighted by Gasteiger charge is 2.07. The van der Waals surface area contributed by atoms with Gasteiger partial charge in [0.1, 0.15) is 12.4 Å². The van der Waals surface area contributed by atoms with Crippen LogP contribution in [0.3, 0.4) is 0 Å². The van der Waals surface area contributed by atoms with Crippen LogP contribution in [0.15, 0.2) is 91.1 Å². The van der Waals surface area contributed by atoms with Gasteiger partial charge in [0.25, 0.3) is 5.91 Å². The summed E-state index contributed by atoms with van der Waals surface area (Å²) >= 11 is 0. The Morgan fingerprint density at radius 1 is 0.889 bits per heavy atom. The fourth-order valence-corrected chi connectivity index (χ4v) is 2.79. The van der Waals surface area contributed by atoms with Gasteiger partial charge in [0, 0.05) is 22.8 Å². The molecule has 0 unspecified atom stereocenters. The summed E-state index contributed by atoms with van der Waals surface area (Å²) in [5, 5.41) is 3.92. The molecule has 0 atom stereocenters. The number of carbonyl (C=O) groups is 1. The highest BCUT2D eigenvalue weighted by Crippen LogP contribution is 2.18. The zero-order valence-corrected chi connectivity index (χ0v) is 14.6. The zero-order chi connectivity index (χ0) is 18.5. The first-order chi connectivity index (χ1) is 13.3. The van der Waals surface area contributed by atoms with Crippen molar-refractivity contribution < 1.29 is 9.53 Å². The second-order valence-electron chi connectivity index (χ2n) is 6.16. The van der Waals surface area contributed by atoms with Crippen molar-refractivity contribution in [2.45, 2.75) is 6.61 Å². The van der Waals surface area contributed by atoms with E-state index in [1.54, 1.807) is 6.20 Å². The van der Waals surface area contributed by atoms with E-state index in [1.165, 1.54) is 0 Å². The maximum absolute atomic E-state index is 12.5. The second kappa shape index (κ2) is 7.70. The maximum atomic E-state index is 12.5. The van der Waals surface area contributed by atoms with Gasteiger partial charge in [0.15, 0.2) is 0 Å². The molecule has 0 bridgehead atoms. The zero-order valence-electron chi connectivity index (χ0n) is 14.6. The molecule has 0 fully saturated rings. The predicted octanol–water partition coefficient (Wildman–Crippen LogP) is 5.07. The van der Waals surface area contributed by atoms with Gasteiger partial charge in [-0.3, -0.25) is 9.78 Å². The number of fused-ring (bicyclic) bond motifs is 1. The van der Waals surface area contributed by atoms with Crippen molar-refractivity contribution in [2.75, 3.05) is 5.32 Å². The molecule has 4 aromatic rings. The number of pyridine rings is 1. The van der Waals surface area contributed by atoms with Crippen LogP contribution in [-0.4, -0.2) is 10.9 Å². The van der Waals surface area contributed by atoms with Crippen LogP contribution < -0.4 is 10.1 Å². The van der Waals surface area contributed by atoms with Gasteiger partial charge in [-0.05, 0) is 54.1 Å². The number of nitrogens with zero attached hydrogens (tertiary/aromatic N) is 1. The van der Waals surface area contributed by atoms with Crippen molar-refractivity contribution in [3.05, 3.63) is 102 Å². The van der Waals surface area contributed by atoms with Crippen molar-refractivity contribution in [3.8, 4) is 5.75 Å². The Morgan fingerprint density at radius 3 is 2.52 bits per heavy atom. The molecular formula is C23H18N2O2. The summed E-state index contributed by atoms with van der Waals surface area (Å²) in [4.78, 5) is 16.8. The lowest BCUT2D eigenvalue weighted by molar-refractivity contribution is 0.102. The predicted molar refractivity (Wildman–Crippen MR) is 107 cm³/mol. The number of anilines is 1. The molecule has 3 aromatic carbocycles. The fourth-order valence-electron chi connectivity index (χ4n) is 2.79. The lowest BCUT2D eigenvalue weighted by atomic mass is 10.1. The van der Waals surface area contributed by atoms with E-state index in [2.05, 4.69) is 10.3 Å². The van der Waals surface area contributed by atoms with Crippen LogP contribution in [-0.2, 0) is 6.61 Å². The van der Waals surface area contributed by atoms with E-state index >= 15 is 0 Å². The molecule has 132 valence electrons. The lowest BCUT2D eigenvalue weighted by Gasteiger charge is -2.08. The summed E-state index contributed by atoms with van der Waals surface area (Å²) in [5.74, 6) is 0.680. The van der Waals surface area contributed by atoms with E-state index in [1.807, 2.05) is 84.9 Å². The summed E-state index contributed by atoms with van der Waals surface area (Å²) in [6.45, 7) is 0.462. The summed E-state index contributed by atoms with van der Waals surface area (Å²) < 4.78 is 5.72. The third kappa shape index (κ3) is 4.12. The van der Waals surface area contributed by atoms with Crippen LogP contribution in [0.5, 0.6) is 5.75 Å². The summed E-state index contributed by atoms with van der Waals surface area (Å²) in [6.07, 6.45) is 1.75. The molecule has 1 amide bonds. The van der Waals surface area contributed by atoms with Gasteiger partial charge in [0.05, 0.1) is 5.52 Å². The number of aromatic nitrogens is 1. The van der Waals surface area contributed by atoms with Crippen molar-refractivity contribution in [1.29, 1.82) is 0 Å². The topological polar surface area (TPSA) is 51.2 Å². The average molecular weight is 354 g/mol. The summed E-state index contributed by atoms with van der Waals surface area (Å²) in [5.41, 5.74) is 3.26. The third-order valence-electron chi connectivity index (χ3n) is 4.23. The van der Waals surface area contributed by atoms with Crippen molar-refractivity contribution in [1.82, 2.24) is 4.98 Å². The first-order valence-electron chi connectivity index (χ1n) is 8.71. The Kier molecular flexibility index (Phi) is 4.79. The van der Waals surface area contributed by atoms with Crippen LogP contribution in [0, 0.1) is 0 Å². The van der Waals surface area contributed by atoms with E-state index < -0.39 is 0 Å². The molecule has 1 aromatic heterocycles. The number of carbonyl (C=O) groups excluding carboxylic acids is 1. The minimum Gasteiger partial charge on any atom is -0.489 e. The molecule has 0 aliphatic rings. The normalized spacial score (nSPS) is 10.5. The molecular weight excluding hydrogens is 336 g/mol. The van der Waals surface area contributed by atoms with Crippen LogP contribution in [0.1, 0.15) is 15.9 Å². The van der Waals surface area contributed by atoms with Crippen LogP contribution >= 0.6 is 0 Å². The molecule has 0 aliphatic heterocycles. The smallest absolute Gasteiger partial charge is 0.255 e. The Hall–Kier alpha value is -3.66. The number of amides is 1. The van der Waals surface area contributed by atoms with E-state index in [4.69, 9.17) is 4.74 Å². The number of nitrogens with one attached hydrogen (secondary N) is 1. The highest BCUT2D eigenvalue weighted by atomic mass is 16.5. The van der Waals surface area contributed by atoms with Crippen molar-refractivity contribution in [3.63, 3.8) is 0 Å². The molecule has 0 radical (unpaired) electrons. The van der Waals surface area contributed by atoms with Gasteiger partial charge in [-0.25, -0.2) is 0 Å². The highest BCUT2D eigenvalue weighted by molar-refractivity contribution is 6.05. The van der Waals surface area contributed by atoms with E-state index in [9.17, 15) is 4.79 Å². The van der Waals surface area contributed by atoms with Crippen LogP contribution in [0.25, 0.3) is 10.9 Å². The SMILES string of the molecule is O=C(Nc1ccc2ncccc2c1)c1ccc(COc2ccccc2)cc1. The molecule has 4 rings (SSSR count). The van der Waals surface area contributed by atoms with Gasteiger partial charge in [-0.15, -0.1) is 0 Å². The van der Waals surface area contributed by atoms with Crippen LogP contribution in [0.2, 0.25) is 0 Å². The molecule has 1 N–H and O–H groups in total. The Labute approximate surface area is 157 Å². The summed E-state index contributed by atoms with van der Waals surface area (Å²) in [6, 6.07) is 26.6. The Bertz CT molecular complexity index is 1060. The molecule has 0 saturated heterocycles.